The van der Waals surface area contributed by atoms with Crippen LogP contribution in [0.15, 0.2) is 24.3 Å². The molecule has 0 spiro atoms. The van der Waals surface area contributed by atoms with Crippen LogP contribution in [0.25, 0.3) is 0 Å². The zero-order valence-corrected chi connectivity index (χ0v) is 10.1. The van der Waals surface area contributed by atoms with Gasteiger partial charge in [-0.25, -0.2) is 0 Å². The van der Waals surface area contributed by atoms with Crippen molar-refractivity contribution in [2.24, 2.45) is 11.8 Å². The molecule has 90 valence electrons. The summed E-state index contributed by atoms with van der Waals surface area (Å²) in [7, 11) is 0. The van der Waals surface area contributed by atoms with E-state index in [1.54, 1.807) is 0 Å². The Hall–Kier alpha value is -1.02. The molecule has 2 saturated carbocycles. The van der Waals surface area contributed by atoms with Crippen LogP contribution < -0.4 is 10.1 Å². The maximum absolute atomic E-state index is 5.74. The van der Waals surface area contributed by atoms with Gasteiger partial charge in [-0.05, 0) is 37.2 Å². The Bertz CT molecular complexity index is 431. The normalized spacial score (nSPS) is 38.1. The highest BCUT2D eigenvalue weighted by atomic mass is 16.5. The Kier molecular flexibility index (Phi) is 2.19. The third-order valence-corrected chi connectivity index (χ3v) is 4.85. The van der Waals surface area contributed by atoms with E-state index in [-0.39, 0.29) is 0 Å². The molecule has 2 heteroatoms. The minimum Gasteiger partial charge on any atom is -0.491 e. The van der Waals surface area contributed by atoms with E-state index in [9.17, 15) is 0 Å². The third-order valence-electron chi connectivity index (χ3n) is 4.85. The molecule has 3 aliphatic rings. The molecule has 2 fully saturated rings. The molecule has 1 heterocycles. The van der Waals surface area contributed by atoms with Crippen molar-refractivity contribution in [2.75, 3.05) is 6.61 Å². The van der Waals surface area contributed by atoms with Crippen molar-refractivity contribution >= 4 is 0 Å². The molecule has 4 rings (SSSR count). The van der Waals surface area contributed by atoms with E-state index in [0.717, 1.165) is 30.2 Å². The van der Waals surface area contributed by atoms with Gasteiger partial charge in [-0.3, -0.25) is 0 Å². The van der Waals surface area contributed by atoms with E-state index in [1.807, 2.05) is 0 Å². The third kappa shape index (κ3) is 1.58. The van der Waals surface area contributed by atoms with Crippen molar-refractivity contribution in [2.45, 2.75) is 37.8 Å². The monoisotopic (exact) mass is 229 g/mol. The predicted molar refractivity (Wildman–Crippen MR) is 67.0 cm³/mol. The molecule has 2 bridgehead atoms. The van der Waals surface area contributed by atoms with Crippen LogP contribution in [0.1, 0.15) is 37.3 Å². The first-order chi connectivity index (χ1) is 8.40. The fraction of sp³-hybridized carbons (Fsp3) is 0.600. The van der Waals surface area contributed by atoms with E-state index in [4.69, 9.17) is 4.74 Å². The van der Waals surface area contributed by atoms with Gasteiger partial charge in [-0.1, -0.05) is 24.6 Å². The van der Waals surface area contributed by atoms with Gasteiger partial charge in [0.25, 0.3) is 0 Å². The Labute approximate surface area is 102 Å². The number of para-hydroxylation sites is 1. The molecule has 1 aromatic carbocycles. The number of hydrogen-bond acceptors (Lipinski definition) is 2. The maximum atomic E-state index is 5.74. The standard InChI is InChI=1S/C15H19NO/c1-2-4-15-12(3-1)14(9-17-15)16-13-8-10-5-6-11(13)7-10/h1-4,10-11,13-14,16H,5-9H2. The molecule has 1 aliphatic heterocycles. The summed E-state index contributed by atoms with van der Waals surface area (Å²) in [5.74, 6) is 3.02. The van der Waals surface area contributed by atoms with Crippen LogP contribution >= 0.6 is 0 Å². The molecule has 2 nitrogen and oxygen atoms in total. The molecular formula is C15H19NO. The molecule has 0 aromatic heterocycles. The molecule has 0 radical (unpaired) electrons. The SMILES string of the molecule is c1ccc2c(c1)OCC2NC1CC2CCC1C2. The maximum Gasteiger partial charge on any atom is 0.124 e. The van der Waals surface area contributed by atoms with Crippen molar-refractivity contribution in [1.29, 1.82) is 0 Å². The minimum atomic E-state index is 0.426. The largest absolute Gasteiger partial charge is 0.491 e. The Balaban J connectivity index is 1.51. The predicted octanol–water partition coefficient (Wildman–Crippen LogP) is 2.90. The average molecular weight is 229 g/mol. The van der Waals surface area contributed by atoms with Crippen molar-refractivity contribution in [3.63, 3.8) is 0 Å². The van der Waals surface area contributed by atoms with Crippen LogP contribution in [0.5, 0.6) is 5.75 Å². The van der Waals surface area contributed by atoms with Crippen LogP contribution in [0.4, 0.5) is 0 Å². The van der Waals surface area contributed by atoms with E-state index in [2.05, 4.69) is 29.6 Å². The van der Waals surface area contributed by atoms with E-state index >= 15 is 0 Å². The lowest BCUT2D eigenvalue weighted by molar-refractivity contribution is 0.266. The summed E-state index contributed by atoms with van der Waals surface area (Å²) in [6, 6.07) is 9.62. The summed E-state index contributed by atoms with van der Waals surface area (Å²) in [6.45, 7) is 0.813. The van der Waals surface area contributed by atoms with Gasteiger partial charge in [0, 0.05) is 11.6 Å². The first-order valence-corrected chi connectivity index (χ1v) is 6.88. The number of rotatable bonds is 2. The number of nitrogens with one attached hydrogen (secondary N) is 1. The van der Waals surface area contributed by atoms with Crippen molar-refractivity contribution in [3.8, 4) is 5.75 Å². The smallest absolute Gasteiger partial charge is 0.124 e. The lowest BCUT2D eigenvalue weighted by atomic mass is 9.94. The fourth-order valence-electron chi connectivity index (χ4n) is 4.01. The average Bonchev–Trinajstić information content (AvgIpc) is 3.05. The van der Waals surface area contributed by atoms with Crippen LogP contribution in [0.3, 0.4) is 0 Å². The summed E-state index contributed by atoms with van der Waals surface area (Å²) in [5.41, 5.74) is 1.36. The van der Waals surface area contributed by atoms with Gasteiger partial charge in [-0.2, -0.15) is 0 Å². The lowest BCUT2D eigenvalue weighted by Crippen LogP contribution is -2.37. The van der Waals surface area contributed by atoms with Gasteiger partial charge in [0.05, 0.1) is 6.04 Å². The number of ether oxygens (including phenoxy) is 1. The second kappa shape index (κ2) is 3.74. The van der Waals surface area contributed by atoms with Gasteiger partial charge in [0.2, 0.25) is 0 Å². The Morgan fingerprint density at radius 2 is 2.06 bits per heavy atom. The molecule has 4 atom stereocenters. The lowest BCUT2D eigenvalue weighted by Gasteiger charge is -2.26. The summed E-state index contributed by atoms with van der Waals surface area (Å²) in [6.07, 6.45) is 5.77. The fourth-order valence-corrected chi connectivity index (χ4v) is 4.01. The molecule has 17 heavy (non-hydrogen) atoms. The quantitative estimate of drug-likeness (QED) is 0.842. The number of fused-ring (bicyclic) bond motifs is 3. The first kappa shape index (κ1) is 9.95. The van der Waals surface area contributed by atoms with Crippen molar-refractivity contribution < 1.29 is 4.74 Å². The van der Waals surface area contributed by atoms with E-state index in [0.29, 0.717) is 6.04 Å². The molecule has 4 unspecified atom stereocenters. The van der Waals surface area contributed by atoms with Gasteiger partial charge in [-0.15, -0.1) is 0 Å². The van der Waals surface area contributed by atoms with Gasteiger partial charge in [0.15, 0.2) is 0 Å². The molecular weight excluding hydrogens is 210 g/mol. The number of benzene rings is 1. The topological polar surface area (TPSA) is 21.3 Å². The van der Waals surface area contributed by atoms with Crippen LogP contribution in [0, 0.1) is 11.8 Å². The van der Waals surface area contributed by atoms with Crippen LogP contribution in [0.2, 0.25) is 0 Å². The highest BCUT2D eigenvalue weighted by Gasteiger charge is 2.41. The molecule has 0 amide bonds. The summed E-state index contributed by atoms with van der Waals surface area (Å²) >= 11 is 0. The summed E-state index contributed by atoms with van der Waals surface area (Å²) in [5, 5.41) is 3.84. The minimum absolute atomic E-state index is 0.426. The first-order valence-electron chi connectivity index (χ1n) is 6.88. The molecule has 0 saturated heterocycles. The molecule has 1 aromatic rings. The van der Waals surface area contributed by atoms with E-state index in [1.165, 1.54) is 31.2 Å². The highest BCUT2D eigenvalue weighted by molar-refractivity contribution is 5.39. The van der Waals surface area contributed by atoms with Gasteiger partial charge < -0.3 is 10.1 Å². The zero-order valence-electron chi connectivity index (χ0n) is 10.1. The molecule has 2 aliphatic carbocycles. The Morgan fingerprint density at radius 1 is 1.12 bits per heavy atom. The van der Waals surface area contributed by atoms with Crippen LogP contribution in [-0.4, -0.2) is 12.6 Å². The molecule has 1 N–H and O–H groups in total. The second-order valence-corrected chi connectivity index (χ2v) is 5.85. The Morgan fingerprint density at radius 3 is 2.88 bits per heavy atom. The summed E-state index contributed by atoms with van der Waals surface area (Å²) in [4.78, 5) is 0. The van der Waals surface area contributed by atoms with E-state index < -0.39 is 0 Å². The number of hydrogen-bond donors (Lipinski definition) is 1. The van der Waals surface area contributed by atoms with Gasteiger partial charge >= 0.3 is 0 Å². The second-order valence-electron chi connectivity index (χ2n) is 5.85. The van der Waals surface area contributed by atoms with Crippen LogP contribution in [-0.2, 0) is 0 Å². The van der Waals surface area contributed by atoms with Crippen molar-refractivity contribution in [1.82, 2.24) is 5.32 Å². The van der Waals surface area contributed by atoms with Crippen molar-refractivity contribution in [3.05, 3.63) is 29.8 Å². The zero-order chi connectivity index (χ0) is 11.2. The highest BCUT2D eigenvalue weighted by Crippen LogP contribution is 2.45. The summed E-state index contributed by atoms with van der Waals surface area (Å²) < 4.78 is 5.74. The van der Waals surface area contributed by atoms with Gasteiger partial charge in [0.1, 0.15) is 12.4 Å².